The minimum Gasteiger partial charge on any atom is -0.463 e. The summed E-state index contributed by atoms with van der Waals surface area (Å²) in [6, 6.07) is 7.11. The van der Waals surface area contributed by atoms with Gasteiger partial charge in [-0.1, -0.05) is 12.1 Å². The van der Waals surface area contributed by atoms with Gasteiger partial charge in [0.25, 0.3) is 0 Å². The number of benzene rings is 1. The summed E-state index contributed by atoms with van der Waals surface area (Å²) in [7, 11) is 0. The Balaban J connectivity index is 2.31. The number of aromatic nitrogens is 2. The molecule has 1 N–H and O–H groups in total. The molecule has 3 nitrogen and oxygen atoms in total. The second kappa shape index (κ2) is 3.91. The van der Waals surface area contributed by atoms with Gasteiger partial charge in [0.1, 0.15) is 11.6 Å². The van der Waals surface area contributed by atoms with Crippen molar-refractivity contribution in [1.29, 1.82) is 0 Å². The molecular weight excluding hydrogens is 183 g/mol. The summed E-state index contributed by atoms with van der Waals surface area (Å²) >= 11 is 0. The van der Waals surface area contributed by atoms with Gasteiger partial charge in [-0.3, -0.25) is 0 Å². The number of nitrogens with zero attached hydrogens (tertiary/aromatic N) is 1. The van der Waals surface area contributed by atoms with E-state index < -0.39 is 6.86 Å². The molecule has 0 unspecified atom stereocenters. The van der Waals surface area contributed by atoms with Crippen LogP contribution < -0.4 is 4.74 Å². The Morgan fingerprint density at radius 1 is 1.43 bits per heavy atom. The fourth-order valence-electron chi connectivity index (χ4n) is 1.22. The Morgan fingerprint density at radius 3 is 3.07 bits per heavy atom. The third-order valence-corrected chi connectivity index (χ3v) is 1.83. The molecule has 1 heterocycles. The zero-order valence-electron chi connectivity index (χ0n) is 7.40. The number of ether oxygens (including phenoxy) is 1. The minimum absolute atomic E-state index is 0.501. The molecule has 0 aliphatic rings. The topological polar surface area (TPSA) is 37.9 Å². The number of hydrogen-bond donors (Lipinski definition) is 1. The Morgan fingerprint density at radius 2 is 2.36 bits per heavy atom. The van der Waals surface area contributed by atoms with Crippen molar-refractivity contribution < 1.29 is 9.13 Å². The predicted octanol–water partition coefficient (Wildman–Crippen LogP) is 2.38. The van der Waals surface area contributed by atoms with Crippen LogP contribution in [0.1, 0.15) is 0 Å². The van der Waals surface area contributed by atoms with Gasteiger partial charge in [-0.25, -0.2) is 9.37 Å². The maximum atomic E-state index is 11.9. The second-order valence-electron chi connectivity index (χ2n) is 2.72. The number of rotatable bonds is 3. The number of aromatic amines is 1. The van der Waals surface area contributed by atoms with E-state index in [4.69, 9.17) is 4.74 Å². The third-order valence-electron chi connectivity index (χ3n) is 1.83. The number of hydrogen-bond acceptors (Lipinski definition) is 2. The lowest BCUT2D eigenvalue weighted by Gasteiger charge is -2.02. The van der Waals surface area contributed by atoms with E-state index in [0.29, 0.717) is 5.75 Å². The van der Waals surface area contributed by atoms with Crippen molar-refractivity contribution in [3.05, 3.63) is 36.7 Å². The lowest BCUT2D eigenvalue weighted by molar-refractivity contribution is 0.192. The van der Waals surface area contributed by atoms with Gasteiger partial charge >= 0.3 is 0 Å². The molecule has 1 aromatic carbocycles. The summed E-state index contributed by atoms with van der Waals surface area (Å²) in [5, 5.41) is 0. The van der Waals surface area contributed by atoms with Crippen molar-refractivity contribution in [2.75, 3.05) is 6.86 Å². The van der Waals surface area contributed by atoms with E-state index in [2.05, 4.69) is 9.97 Å². The minimum atomic E-state index is -0.818. The molecule has 0 atom stereocenters. The molecule has 0 amide bonds. The average molecular weight is 192 g/mol. The predicted molar refractivity (Wildman–Crippen MR) is 50.6 cm³/mol. The first-order chi connectivity index (χ1) is 6.90. The van der Waals surface area contributed by atoms with E-state index in [1.54, 1.807) is 30.6 Å². The summed E-state index contributed by atoms with van der Waals surface area (Å²) in [6.07, 6.45) is 3.40. The normalized spacial score (nSPS) is 10.1. The Hall–Kier alpha value is -1.84. The molecule has 72 valence electrons. The van der Waals surface area contributed by atoms with Crippen LogP contribution >= 0.6 is 0 Å². The smallest absolute Gasteiger partial charge is 0.228 e. The van der Waals surface area contributed by atoms with Crippen molar-refractivity contribution in [3.8, 4) is 17.1 Å². The van der Waals surface area contributed by atoms with E-state index in [9.17, 15) is 4.39 Å². The molecule has 0 bridgehead atoms. The fraction of sp³-hybridized carbons (Fsp3) is 0.100. The molecule has 0 aliphatic carbocycles. The highest BCUT2D eigenvalue weighted by Gasteiger charge is 2.00. The molecule has 0 saturated carbocycles. The third kappa shape index (κ3) is 1.74. The summed E-state index contributed by atoms with van der Waals surface area (Å²) < 4.78 is 16.6. The number of halogens is 1. The number of imidazole rings is 1. The first kappa shape index (κ1) is 8.74. The van der Waals surface area contributed by atoms with E-state index >= 15 is 0 Å². The van der Waals surface area contributed by atoms with Crippen molar-refractivity contribution >= 4 is 0 Å². The molecular formula is C10H9FN2O. The maximum Gasteiger partial charge on any atom is 0.228 e. The summed E-state index contributed by atoms with van der Waals surface area (Å²) in [6.45, 7) is -0.818. The zero-order chi connectivity index (χ0) is 9.80. The van der Waals surface area contributed by atoms with Crippen molar-refractivity contribution in [3.63, 3.8) is 0 Å². The van der Waals surface area contributed by atoms with Crippen LogP contribution in [0.4, 0.5) is 4.39 Å². The molecule has 2 aromatic rings. The summed E-state index contributed by atoms with van der Waals surface area (Å²) in [4.78, 5) is 7.05. The van der Waals surface area contributed by atoms with Gasteiger partial charge in [-0.2, -0.15) is 0 Å². The van der Waals surface area contributed by atoms with E-state index in [-0.39, 0.29) is 0 Å². The van der Waals surface area contributed by atoms with Crippen molar-refractivity contribution in [2.24, 2.45) is 0 Å². The van der Waals surface area contributed by atoms with Gasteiger partial charge in [0.05, 0.1) is 0 Å². The molecule has 0 spiro atoms. The Labute approximate surface area is 80.6 Å². The standard InChI is InChI=1S/C10H9FN2O/c11-7-14-9-3-1-2-8(6-9)10-12-4-5-13-10/h1-6H,7H2,(H,12,13). The lowest BCUT2D eigenvalue weighted by atomic mass is 10.2. The van der Waals surface area contributed by atoms with Crippen LogP contribution in [0.25, 0.3) is 11.4 Å². The van der Waals surface area contributed by atoms with Crippen LogP contribution in [0, 0.1) is 0 Å². The van der Waals surface area contributed by atoms with Gasteiger partial charge in [-0.15, -0.1) is 0 Å². The quantitative estimate of drug-likeness (QED) is 0.810. The van der Waals surface area contributed by atoms with Crippen LogP contribution in [0.15, 0.2) is 36.7 Å². The van der Waals surface area contributed by atoms with Gasteiger partial charge in [0, 0.05) is 18.0 Å². The van der Waals surface area contributed by atoms with Crippen LogP contribution in [-0.2, 0) is 0 Å². The summed E-state index contributed by atoms with van der Waals surface area (Å²) in [5.41, 5.74) is 0.876. The molecule has 14 heavy (non-hydrogen) atoms. The molecule has 0 radical (unpaired) electrons. The molecule has 0 fully saturated rings. The molecule has 2 rings (SSSR count). The first-order valence-corrected chi connectivity index (χ1v) is 4.19. The highest BCUT2D eigenvalue weighted by Crippen LogP contribution is 2.20. The van der Waals surface area contributed by atoms with E-state index in [1.165, 1.54) is 0 Å². The number of alkyl halides is 1. The SMILES string of the molecule is FCOc1cccc(-c2ncc[nH]2)c1. The van der Waals surface area contributed by atoms with Gasteiger partial charge < -0.3 is 9.72 Å². The van der Waals surface area contributed by atoms with Gasteiger partial charge in [0.15, 0.2) is 0 Å². The highest BCUT2D eigenvalue weighted by atomic mass is 19.1. The van der Waals surface area contributed by atoms with Crippen LogP contribution in [0.2, 0.25) is 0 Å². The fourth-order valence-corrected chi connectivity index (χ4v) is 1.22. The average Bonchev–Trinajstić information content (AvgIpc) is 2.71. The first-order valence-electron chi connectivity index (χ1n) is 4.19. The Bertz CT molecular complexity index is 400. The summed E-state index contributed by atoms with van der Waals surface area (Å²) in [5.74, 6) is 1.25. The van der Waals surface area contributed by atoms with Crippen LogP contribution in [-0.4, -0.2) is 16.8 Å². The van der Waals surface area contributed by atoms with Crippen LogP contribution in [0.5, 0.6) is 5.75 Å². The van der Waals surface area contributed by atoms with Gasteiger partial charge in [0.2, 0.25) is 6.86 Å². The highest BCUT2D eigenvalue weighted by molar-refractivity contribution is 5.57. The molecule has 0 aliphatic heterocycles. The molecule has 0 saturated heterocycles. The van der Waals surface area contributed by atoms with Gasteiger partial charge in [-0.05, 0) is 12.1 Å². The zero-order valence-corrected chi connectivity index (χ0v) is 7.40. The molecule has 4 heteroatoms. The van der Waals surface area contributed by atoms with E-state index in [1.807, 2.05) is 6.07 Å². The van der Waals surface area contributed by atoms with Crippen molar-refractivity contribution in [1.82, 2.24) is 9.97 Å². The maximum absolute atomic E-state index is 11.9. The van der Waals surface area contributed by atoms with Crippen LogP contribution in [0.3, 0.4) is 0 Å². The number of H-pyrrole nitrogens is 1. The monoisotopic (exact) mass is 192 g/mol. The Kier molecular flexibility index (Phi) is 2.44. The second-order valence-corrected chi connectivity index (χ2v) is 2.72. The van der Waals surface area contributed by atoms with Crippen molar-refractivity contribution in [2.45, 2.75) is 0 Å². The van der Waals surface area contributed by atoms with E-state index in [0.717, 1.165) is 11.4 Å². The molecule has 1 aromatic heterocycles. The lowest BCUT2D eigenvalue weighted by Crippen LogP contribution is -1.90. The number of nitrogens with one attached hydrogen (secondary N) is 1. The largest absolute Gasteiger partial charge is 0.463 e.